The van der Waals surface area contributed by atoms with Crippen molar-refractivity contribution in [2.75, 3.05) is 38.0 Å². The van der Waals surface area contributed by atoms with Gasteiger partial charge in [-0.3, -0.25) is 14.5 Å². The third-order valence-electron chi connectivity index (χ3n) is 5.86. The Bertz CT molecular complexity index is 911. The molecule has 0 aromatic heterocycles. The van der Waals surface area contributed by atoms with Gasteiger partial charge in [-0.05, 0) is 43.2 Å². The van der Waals surface area contributed by atoms with Crippen LogP contribution >= 0.6 is 11.6 Å². The van der Waals surface area contributed by atoms with E-state index in [2.05, 4.69) is 21.1 Å². The summed E-state index contributed by atoms with van der Waals surface area (Å²) >= 11 is 5.96. The van der Waals surface area contributed by atoms with Crippen molar-refractivity contribution < 1.29 is 9.59 Å². The highest BCUT2D eigenvalue weighted by molar-refractivity contribution is 6.30. The Balaban J connectivity index is 1.22. The standard InChI is InChI=1S/C23H28ClN5O2/c1-16-2-8-19(9-3-16)25-22(30)15-28-10-12-29(13-11-28)23(31)21-14-20(26-27-21)17-4-6-18(24)7-5-17/h2-9,20-21,26-27H,10-15H2,1H3,(H,25,30). The molecule has 0 spiro atoms. The highest BCUT2D eigenvalue weighted by atomic mass is 35.5. The number of rotatable bonds is 5. The first-order chi connectivity index (χ1) is 15.0. The number of hydrazine groups is 1. The number of benzene rings is 2. The van der Waals surface area contributed by atoms with Gasteiger partial charge in [0.25, 0.3) is 0 Å². The van der Waals surface area contributed by atoms with Crippen LogP contribution in [0.5, 0.6) is 0 Å². The van der Waals surface area contributed by atoms with E-state index in [0.717, 1.165) is 16.8 Å². The molecule has 2 amide bonds. The Morgan fingerprint density at radius 3 is 2.35 bits per heavy atom. The summed E-state index contributed by atoms with van der Waals surface area (Å²) in [5.74, 6) is 0.0730. The van der Waals surface area contributed by atoms with Crippen LogP contribution in [0.4, 0.5) is 5.69 Å². The maximum Gasteiger partial charge on any atom is 0.241 e. The van der Waals surface area contributed by atoms with Crippen LogP contribution in [0.2, 0.25) is 5.02 Å². The van der Waals surface area contributed by atoms with E-state index in [1.54, 1.807) is 0 Å². The van der Waals surface area contributed by atoms with E-state index in [0.29, 0.717) is 44.2 Å². The van der Waals surface area contributed by atoms with E-state index in [1.165, 1.54) is 0 Å². The van der Waals surface area contributed by atoms with Gasteiger partial charge in [0.15, 0.2) is 0 Å². The number of nitrogens with one attached hydrogen (secondary N) is 3. The lowest BCUT2D eigenvalue weighted by molar-refractivity contribution is -0.135. The van der Waals surface area contributed by atoms with Gasteiger partial charge in [0.05, 0.1) is 6.54 Å². The first-order valence-corrected chi connectivity index (χ1v) is 11.0. The maximum absolute atomic E-state index is 12.9. The van der Waals surface area contributed by atoms with Crippen LogP contribution in [0.25, 0.3) is 0 Å². The molecular weight excluding hydrogens is 414 g/mol. The first kappa shape index (κ1) is 21.8. The summed E-state index contributed by atoms with van der Waals surface area (Å²) in [5.41, 5.74) is 9.43. The van der Waals surface area contributed by atoms with Gasteiger partial charge in [-0.1, -0.05) is 41.4 Å². The Hall–Kier alpha value is -2.45. The number of amides is 2. The zero-order valence-corrected chi connectivity index (χ0v) is 18.4. The minimum Gasteiger partial charge on any atom is -0.339 e. The van der Waals surface area contributed by atoms with Crippen LogP contribution in [-0.2, 0) is 9.59 Å². The number of carbonyl (C=O) groups excluding carboxylic acids is 2. The van der Waals surface area contributed by atoms with Crippen molar-refractivity contribution in [2.45, 2.75) is 25.4 Å². The Labute approximate surface area is 187 Å². The largest absolute Gasteiger partial charge is 0.339 e. The third kappa shape index (κ3) is 5.62. The predicted octanol–water partition coefficient (Wildman–Crippen LogP) is 2.34. The Morgan fingerprint density at radius 2 is 1.68 bits per heavy atom. The zero-order valence-electron chi connectivity index (χ0n) is 17.6. The molecule has 3 N–H and O–H groups in total. The van der Waals surface area contributed by atoms with E-state index in [9.17, 15) is 9.59 Å². The second-order valence-corrected chi connectivity index (χ2v) is 8.63. The number of halogens is 1. The minimum absolute atomic E-state index is 0.0314. The van der Waals surface area contributed by atoms with E-state index in [4.69, 9.17) is 11.6 Å². The van der Waals surface area contributed by atoms with Crippen molar-refractivity contribution in [2.24, 2.45) is 0 Å². The lowest BCUT2D eigenvalue weighted by atomic mass is 10.0. The van der Waals surface area contributed by atoms with E-state index < -0.39 is 0 Å². The molecule has 2 atom stereocenters. The molecule has 0 bridgehead atoms. The smallest absolute Gasteiger partial charge is 0.241 e. The molecule has 4 rings (SSSR count). The van der Waals surface area contributed by atoms with Crippen molar-refractivity contribution >= 4 is 29.1 Å². The fourth-order valence-corrected chi connectivity index (χ4v) is 4.15. The molecule has 8 heteroatoms. The van der Waals surface area contributed by atoms with Gasteiger partial charge >= 0.3 is 0 Å². The number of nitrogens with zero attached hydrogens (tertiary/aromatic N) is 2. The number of hydrogen-bond donors (Lipinski definition) is 3. The number of aryl methyl sites for hydroxylation is 1. The second-order valence-electron chi connectivity index (χ2n) is 8.20. The average molecular weight is 442 g/mol. The molecule has 2 aliphatic rings. The van der Waals surface area contributed by atoms with Crippen LogP contribution in [0.3, 0.4) is 0 Å². The van der Waals surface area contributed by atoms with Crippen LogP contribution in [0, 0.1) is 6.92 Å². The number of hydrogen-bond acceptors (Lipinski definition) is 5. The molecule has 2 aliphatic heterocycles. The van der Waals surface area contributed by atoms with Crippen molar-refractivity contribution in [1.29, 1.82) is 0 Å². The predicted molar refractivity (Wildman–Crippen MR) is 122 cm³/mol. The molecule has 0 aliphatic carbocycles. The normalized spacial score (nSPS) is 21.8. The fourth-order valence-electron chi connectivity index (χ4n) is 4.02. The summed E-state index contributed by atoms with van der Waals surface area (Å²) in [4.78, 5) is 29.2. The minimum atomic E-state index is -0.253. The van der Waals surface area contributed by atoms with Gasteiger partial charge in [0, 0.05) is 42.9 Å². The summed E-state index contributed by atoms with van der Waals surface area (Å²) in [6.45, 7) is 4.97. The molecule has 164 valence electrons. The van der Waals surface area contributed by atoms with Crippen LogP contribution < -0.4 is 16.2 Å². The monoisotopic (exact) mass is 441 g/mol. The number of piperazine rings is 1. The van der Waals surface area contributed by atoms with E-state index in [1.807, 2.05) is 60.4 Å². The average Bonchev–Trinajstić information content (AvgIpc) is 3.26. The summed E-state index contributed by atoms with van der Waals surface area (Å²) < 4.78 is 0. The highest BCUT2D eigenvalue weighted by Gasteiger charge is 2.34. The molecule has 0 radical (unpaired) electrons. The summed E-state index contributed by atoms with van der Waals surface area (Å²) in [5, 5.41) is 3.63. The van der Waals surface area contributed by atoms with Gasteiger partial charge in [-0.15, -0.1) is 0 Å². The summed E-state index contributed by atoms with van der Waals surface area (Å²) in [6, 6.07) is 15.3. The molecular formula is C23H28ClN5O2. The maximum atomic E-state index is 12.9. The van der Waals surface area contributed by atoms with Gasteiger partial charge in [-0.25, -0.2) is 10.9 Å². The fraction of sp³-hybridized carbons (Fsp3) is 0.391. The summed E-state index contributed by atoms with van der Waals surface area (Å²) in [6.07, 6.45) is 0.694. The highest BCUT2D eigenvalue weighted by Crippen LogP contribution is 2.24. The molecule has 0 saturated carbocycles. The number of anilines is 1. The SMILES string of the molecule is Cc1ccc(NC(=O)CN2CCN(C(=O)C3CC(c4ccc(Cl)cc4)NN3)CC2)cc1. The topological polar surface area (TPSA) is 76.7 Å². The molecule has 2 aromatic carbocycles. The van der Waals surface area contributed by atoms with Crippen LogP contribution in [0.15, 0.2) is 48.5 Å². The molecule has 2 unspecified atom stereocenters. The number of carbonyl (C=O) groups is 2. The Kier molecular flexibility index (Phi) is 6.87. The molecule has 2 saturated heterocycles. The molecule has 2 fully saturated rings. The molecule has 31 heavy (non-hydrogen) atoms. The first-order valence-electron chi connectivity index (χ1n) is 10.6. The van der Waals surface area contributed by atoms with Crippen LogP contribution in [0.1, 0.15) is 23.6 Å². The quantitative estimate of drug-likeness (QED) is 0.664. The Morgan fingerprint density at radius 1 is 1.00 bits per heavy atom. The van der Waals surface area contributed by atoms with Gasteiger partial charge in [0.1, 0.15) is 6.04 Å². The van der Waals surface area contributed by atoms with Crippen molar-refractivity contribution in [1.82, 2.24) is 20.7 Å². The van der Waals surface area contributed by atoms with Crippen molar-refractivity contribution in [3.63, 3.8) is 0 Å². The molecule has 7 nitrogen and oxygen atoms in total. The van der Waals surface area contributed by atoms with E-state index in [-0.39, 0.29) is 23.9 Å². The zero-order chi connectivity index (χ0) is 21.8. The van der Waals surface area contributed by atoms with E-state index >= 15 is 0 Å². The van der Waals surface area contributed by atoms with Crippen molar-refractivity contribution in [3.05, 3.63) is 64.7 Å². The van der Waals surface area contributed by atoms with Crippen LogP contribution in [-0.4, -0.2) is 60.4 Å². The van der Waals surface area contributed by atoms with Crippen molar-refractivity contribution in [3.8, 4) is 0 Å². The lowest BCUT2D eigenvalue weighted by Crippen LogP contribution is -2.54. The molecule has 2 heterocycles. The third-order valence-corrected chi connectivity index (χ3v) is 6.11. The summed E-state index contributed by atoms with van der Waals surface area (Å²) in [7, 11) is 0. The second kappa shape index (κ2) is 9.78. The molecule has 2 aromatic rings. The van der Waals surface area contributed by atoms with Gasteiger partial charge in [0.2, 0.25) is 11.8 Å². The van der Waals surface area contributed by atoms with Gasteiger partial charge < -0.3 is 10.2 Å². The van der Waals surface area contributed by atoms with Gasteiger partial charge in [-0.2, -0.15) is 0 Å². The lowest BCUT2D eigenvalue weighted by Gasteiger charge is -2.35.